The standard InChI is InChI=1S/C16H28N6O2/c1-10(2)5-6-18-16-19-14(17)13(22(23)24)15(20-16)21-8-11(3)7-12(4)9-21/h10-12H,5-9H2,1-4H3,(H3,17,18,19,20)/t11-,12-/m0/s1. The minimum Gasteiger partial charge on any atom is -0.378 e. The van der Waals surface area contributed by atoms with Crippen molar-refractivity contribution < 1.29 is 4.92 Å². The number of hydrogen-bond acceptors (Lipinski definition) is 7. The summed E-state index contributed by atoms with van der Waals surface area (Å²) in [5.41, 5.74) is 5.68. The molecule has 0 saturated carbocycles. The molecule has 1 aromatic rings. The van der Waals surface area contributed by atoms with Gasteiger partial charge in [-0.3, -0.25) is 10.1 Å². The van der Waals surface area contributed by atoms with E-state index in [0.717, 1.165) is 25.9 Å². The number of nitrogens with two attached hydrogens (primary N) is 1. The van der Waals surface area contributed by atoms with Gasteiger partial charge in [0, 0.05) is 19.6 Å². The Hall–Kier alpha value is -2.12. The lowest BCUT2D eigenvalue weighted by atomic mass is 9.92. The molecular formula is C16H28N6O2. The molecule has 2 atom stereocenters. The Morgan fingerprint density at radius 1 is 1.33 bits per heavy atom. The molecule has 0 aliphatic carbocycles. The van der Waals surface area contributed by atoms with Gasteiger partial charge < -0.3 is 16.0 Å². The third-order valence-corrected chi connectivity index (χ3v) is 4.25. The third-order valence-electron chi connectivity index (χ3n) is 4.25. The smallest absolute Gasteiger partial charge is 0.353 e. The molecule has 8 nitrogen and oxygen atoms in total. The largest absolute Gasteiger partial charge is 0.378 e. The predicted octanol–water partition coefficient (Wildman–Crippen LogP) is 2.91. The molecule has 2 heterocycles. The molecule has 1 saturated heterocycles. The highest BCUT2D eigenvalue weighted by atomic mass is 16.6. The number of rotatable bonds is 6. The zero-order valence-corrected chi connectivity index (χ0v) is 15.0. The Labute approximate surface area is 143 Å². The number of hydrogen-bond donors (Lipinski definition) is 2. The van der Waals surface area contributed by atoms with Crippen LogP contribution in [-0.2, 0) is 0 Å². The first-order valence-corrected chi connectivity index (χ1v) is 8.58. The average molecular weight is 336 g/mol. The number of nitrogens with one attached hydrogen (secondary N) is 1. The SMILES string of the molecule is CC(C)CCNc1nc(N)c([N+](=O)[O-])c(N2C[C@@H](C)C[C@H](C)C2)n1. The van der Waals surface area contributed by atoms with Crippen molar-refractivity contribution >= 4 is 23.3 Å². The summed E-state index contributed by atoms with van der Waals surface area (Å²) >= 11 is 0. The van der Waals surface area contributed by atoms with Crippen molar-refractivity contribution in [3.8, 4) is 0 Å². The molecule has 1 aliphatic heterocycles. The fourth-order valence-electron chi connectivity index (χ4n) is 3.24. The normalized spacial score (nSPS) is 21.1. The number of aromatic nitrogens is 2. The van der Waals surface area contributed by atoms with Gasteiger partial charge in [0.15, 0.2) is 0 Å². The molecule has 1 fully saturated rings. The first-order valence-electron chi connectivity index (χ1n) is 8.58. The molecule has 8 heteroatoms. The second-order valence-corrected chi connectivity index (χ2v) is 7.32. The summed E-state index contributed by atoms with van der Waals surface area (Å²) < 4.78 is 0. The summed E-state index contributed by atoms with van der Waals surface area (Å²) in [5, 5.41) is 14.6. The molecule has 2 rings (SSSR count). The van der Waals surface area contributed by atoms with Crippen molar-refractivity contribution in [3.05, 3.63) is 10.1 Å². The Bertz CT molecular complexity index is 582. The average Bonchev–Trinajstić information content (AvgIpc) is 2.44. The van der Waals surface area contributed by atoms with Crippen LogP contribution in [0.2, 0.25) is 0 Å². The quantitative estimate of drug-likeness (QED) is 0.607. The van der Waals surface area contributed by atoms with E-state index in [-0.39, 0.29) is 11.5 Å². The zero-order chi connectivity index (χ0) is 17.9. The lowest BCUT2D eigenvalue weighted by molar-refractivity contribution is -0.383. The molecule has 0 bridgehead atoms. The van der Waals surface area contributed by atoms with Crippen LogP contribution in [0.4, 0.5) is 23.3 Å². The van der Waals surface area contributed by atoms with E-state index >= 15 is 0 Å². The zero-order valence-electron chi connectivity index (χ0n) is 15.0. The number of nitro groups is 1. The monoisotopic (exact) mass is 336 g/mol. The summed E-state index contributed by atoms with van der Waals surface area (Å²) in [6.07, 6.45) is 2.08. The number of piperidine rings is 1. The summed E-state index contributed by atoms with van der Waals surface area (Å²) in [6, 6.07) is 0. The Morgan fingerprint density at radius 2 is 1.96 bits per heavy atom. The fourth-order valence-corrected chi connectivity index (χ4v) is 3.24. The minimum absolute atomic E-state index is 0.0806. The second kappa shape index (κ2) is 7.63. The van der Waals surface area contributed by atoms with Crippen molar-refractivity contribution in [1.82, 2.24) is 9.97 Å². The van der Waals surface area contributed by atoms with Gasteiger partial charge in [-0.2, -0.15) is 9.97 Å². The Morgan fingerprint density at radius 3 is 2.50 bits per heavy atom. The molecule has 0 amide bonds. The molecule has 0 radical (unpaired) electrons. The maximum Gasteiger partial charge on any atom is 0.353 e. The van der Waals surface area contributed by atoms with E-state index in [1.54, 1.807) is 0 Å². The topological polar surface area (TPSA) is 110 Å². The second-order valence-electron chi connectivity index (χ2n) is 7.32. The highest BCUT2D eigenvalue weighted by molar-refractivity contribution is 5.71. The fraction of sp³-hybridized carbons (Fsp3) is 0.750. The summed E-state index contributed by atoms with van der Waals surface area (Å²) in [7, 11) is 0. The van der Waals surface area contributed by atoms with Gasteiger partial charge in [0.25, 0.3) is 0 Å². The van der Waals surface area contributed by atoms with Crippen LogP contribution >= 0.6 is 0 Å². The highest BCUT2D eigenvalue weighted by Crippen LogP contribution is 2.35. The molecule has 24 heavy (non-hydrogen) atoms. The van der Waals surface area contributed by atoms with Crippen molar-refractivity contribution in [1.29, 1.82) is 0 Å². The molecule has 1 aliphatic rings. The van der Waals surface area contributed by atoms with Crippen LogP contribution in [0, 0.1) is 27.9 Å². The molecule has 1 aromatic heterocycles. The van der Waals surface area contributed by atoms with E-state index in [0.29, 0.717) is 36.1 Å². The predicted molar refractivity (Wildman–Crippen MR) is 96.2 cm³/mol. The van der Waals surface area contributed by atoms with Gasteiger partial charge in [-0.1, -0.05) is 27.7 Å². The van der Waals surface area contributed by atoms with Gasteiger partial charge in [0.2, 0.25) is 17.6 Å². The number of nitrogen functional groups attached to an aromatic ring is 1. The molecule has 3 N–H and O–H groups in total. The minimum atomic E-state index is -0.480. The lowest BCUT2D eigenvalue weighted by Gasteiger charge is -2.35. The van der Waals surface area contributed by atoms with E-state index in [1.807, 2.05) is 4.90 Å². The molecular weight excluding hydrogens is 308 g/mol. The van der Waals surface area contributed by atoms with Crippen LogP contribution in [-0.4, -0.2) is 34.5 Å². The van der Waals surface area contributed by atoms with Crippen LogP contribution in [0.15, 0.2) is 0 Å². The Kier molecular flexibility index (Phi) is 5.80. The van der Waals surface area contributed by atoms with Crippen LogP contribution in [0.1, 0.15) is 40.5 Å². The lowest BCUT2D eigenvalue weighted by Crippen LogP contribution is -2.39. The van der Waals surface area contributed by atoms with E-state index in [9.17, 15) is 10.1 Å². The third kappa shape index (κ3) is 4.46. The summed E-state index contributed by atoms with van der Waals surface area (Å²) in [4.78, 5) is 21.5. The van der Waals surface area contributed by atoms with Gasteiger partial charge in [0.05, 0.1) is 4.92 Å². The summed E-state index contributed by atoms with van der Waals surface area (Å²) in [6.45, 7) is 10.8. The first-order chi connectivity index (χ1) is 11.3. The van der Waals surface area contributed by atoms with Crippen molar-refractivity contribution in [2.75, 3.05) is 35.6 Å². The van der Waals surface area contributed by atoms with E-state index < -0.39 is 4.92 Å². The van der Waals surface area contributed by atoms with Gasteiger partial charge in [-0.25, -0.2) is 0 Å². The van der Waals surface area contributed by atoms with E-state index in [1.165, 1.54) is 0 Å². The van der Waals surface area contributed by atoms with E-state index in [2.05, 4.69) is 43.0 Å². The molecule has 0 spiro atoms. The van der Waals surface area contributed by atoms with E-state index in [4.69, 9.17) is 5.73 Å². The van der Waals surface area contributed by atoms with Gasteiger partial charge in [-0.05, 0) is 30.6 Å². The van der Waals surface area contributed by atoms with Gasteiger partial charge in [-0.15, -0.1) is 0 Å². The van der Waals surface area contributed by atoms with Crippen LogP contribution in [0.3, 0.4) is 0 Å². The van der Waals surface area contributed by atoms with Crippen LogP contribution in [0.25, 0.3) is 0 Å². The molecule has 134 valence electrons. The first kappa shape index (κ1) is 18.2. The molecule has 0 aromatic carbocycles. The van der Waals surface area contributed by atoms with Gasteiger partial charge >= 0.3 is 5.69 Å². The maximum absolute atomic E-state index is 11.5. The van der Waals surface area contributed by atoms with Crippen molar-refractivity contribution in [2.24, 2.45) is 17.8 Å². The van der Waals surface area contributed by atoms with Crippen LogP contribution in [0.5, 0.6) is 0 Å². The highest BCUT2D eigenvalue weighted by Gasteiger charge is 2.31. The van der Waals surface area contributed by atoms with Crippen molar-refractivity contribution in [3.63, 3.8) is 0 Å². The van der Waals surface area contributed by atoms with Crippen molar-refractivity contribution in [2.45, 2.75) is 40.5 Å². The van der Waals surface area contributed by atoms with Gasteiger partial charge in [0.1, 0.15) is 0 Å². The Balaban J connectivity index is 2.31. The summed E-state index contributed by atoms with van der Waals surface area (Å²) in [5.74, 6) is 2.08. The number of anilines is 3. The number of nitrogens with zero attached hydrogens (tertiary/aromatic N) is 4. The molecule has 0 unspecified atom stereocenters. The maximum atomic E-state index is 11.5. The van der Waals surface area contributed by atoms with Crippen LogP contribution < -0.4 is 16.0 Å².